The first-order valence-electron chi connectivity index (χ1n) is 9.15. The number of anilines is 1. The summed E-state index contributed by atoms with van der Waals surface area (Å²) in [6.07, 6.45) is 5.59. The third-order valence-corrected chi connectivity index (χ3v) is 5.25. The Kier molecular flexibility index (Phi) is 4.41. The van der Waals surface area contributed by atoms with Gasteiger partial charge in [-0.2, -0.15) is 0 Å². The van der Waals surface area contributed by atoms with E-state index in [0.29, 0.717) is 5.95 Å². The van der Waals surface area contributed by atoms with Crippen molar-refractivity contribution in [2.45, 2.75) is 31.1 Å². The highest BCUT2D eigenvalue weighted by Gasteiger charge is 2.24. The number of aryl methyl sites for hydroxylation is 1. The highest BCUT2D eigenvalue weighted by atomic mass is 16.5. The van der Waals surface area contributed by atoms with E-state index in [1.54, 1.807) is 7.11 Å². The lowest BCUT2D eigenvalue weighted by atomic mass is 9.89. The Morgan fingerprint density at radius 1 is 1.19 bits per heavy atom. The zero-order valence-electron chi connectivity index (χ0n) is 15.4. The number of hydrogen-bond donors (Lipinski definition) is 1. The van der Waals surface area contributed by atoms with Crippen molar-refractivity contribution < 1.29 is 4.74 Å². The zero-order valence-corrected chi connectivity index (χ0v) is 15.4. The minimum atomic E-state index is 0.166. The standard InChI is InChI=1S/C22H25N3O/c1-25-14-21(24-22(25)23)20(17-8-10-19(26-2)11-9-17)13-15-4-3-5-18(12-15)16-6-7-16/h3-5,8-12,14,16,20H,6-7,13H2,1-2H3,(H2,23,24). The van der Waals surface area contributed by atoms with E-state index in [1.165, 1.54) is 29.5 Å². The smallest absolute Gasteiger partial charge is 0.200 e. The molecule has 4 rings (SSSR count). The van der Waals surface area contributed by atoms with Crippen LogP contribution in [0.4, 0.5) is 5.95 Å². The van der Waals surface area contributed by atoms with Gasteiger partial charge in [0, 0.05) is 19.2 Å². The van der Waals surface area contributed by atoms with Gasteiger partial charge in [-0.15, -0.1) is 0 Å². The highest BCUT2D eigenvalue weighted by molar-refractivity contribution is 5.38. The van der Waals surface area contributed by atoms with Crippen LogP contribution in [0.25, 0.3) is 0 Å². The third-order valence-electron chi connectivity index (χ3n) is 5.25. The van der Waals surface area contributed by atoms with Gasteiger partial charge in [-0.1, -0.05) is 36.4 Å². The Morgan fingerprint density at radius 2 is 1.96 bits per heavy atom. The van der Waals surface area contributed by atoms with Crippen molar-refractivity contribution in [1.82, 2.24) is 9.55 Å². The molecule has 0 radical (unpaired) electrons. The van der Waals surface area contributed by atoms with Gasteiger partial charge in [0.15, 0.2) is 5.95 Å². The van der Waals surface area contributed by atoms with Crippen molar-refractivity contribution in [2.24, 2.45) is 7.05 Å². The molecule has 0 spiro atoms. The van der Waals surface area contributed by atoms with E-state index in [2.05, 4.69) is 41.4 Å². The SMILES string of the molecule is COc1ccc(C(Cc2cccc(C3CC3)c2)c2cn(C)c(N)n2)cc1. The molecule has 4 nitrogen and oxygen atoms in total. The Bertz CT molecular complexity index is 875. The maximum Gasteiger partial charge on any atom is 0.200 e. The second-order valence-corrected chi connectivity index (χ2v) is 7.18. The molecule has 1 atom stereocenters. The zero-order chi connectivity index (χ0) is 18.1. The number of hydrogen-bond acceptors (Lipinski definition) is 3. The average Bonchev–Trinajstić information content (AvgIpc) is 3.46. The first-order valence-corrected chi connectivity index (χ1v) is 9.15. The van der Waals surface area contributed by atoms with Crippen LogP contribution in [0.1, 0.15) is 47.1 Å². The molecule has 1 fully saturated rings. The lowest BCUT2D eigenvalue weighted by Crippen LogP contribution is -2.06. The number of ether oxygens (including phenoxy) is 1. The summed E-state index contributed by atoms with van der Waals surface area (Å²) in [5.41, 5.74) is 11.0. The van der Waals surface area contributed by atoms with Crippen LogP contribution >= 0.6 is 0 Å². The number of nitrogens with zero attached hydrogens (tertiary/aromatic N) is 2. The highest BCUT2D eigenvalue weighted by Crippen LogP contribution is 2.40. The molecule has 2 N–H and O–H groups in total. The molecule has 1 aliphatic carbocycles. The second kappa shape index (κ2) is 6.87. The van der Waals surface area contributed by atoms with Crippen LogP contribution < -0.4 is 10.5 Å². The minimum Gasteiger partial charge on any atom is -0.497 e. The molecule has 1 heterocycles. The second-order valence-electron chi connectivity index (χ2n) is 7.18. The number of imidazole rings is 1. The third kappa shape index (κ3) is 3.45. The van der Waals surface area contributed by atoms with Crippen molar-refractivity contribution >= 4 is 5.95 Å². The van der Waals surface area contributed by atoms with Crippen molar-refractivity contribution in [1.29, 1.82) is 0 Å². The van der Waals surface area contributed by atoms with Crippen molar-refractivity contribution in [3.63, 3.8) is 0 Å². The lowest BCUT2D eigenvalue weighted by Gasteiger charge is -2.17. The largest absolute Gasteiger partial charge is 0.497 e. The van der Waals surface area contributed by atoms with Gasteiger partial charge < -0.3 is 15.0 Å². The number of methoxy groups -OCH3 is 1. The molecule has 1 aromatic heterocycles. The summed E-state index contributed by atoms with van der Waals surface area (Å²) in [7, 11) is 3.62. The van der Waals surface area contributed by atoms with Crippen LogP contribution in [-0.2, 0) is 13.5 Å². The van der Waals surface area contributed by atoms with Crippen LogP contribution in [0.5, 0.6) is 5.75 Å². The predicted octanol–water partition coefficient (Wildman–Crippen LogP) is 4.26. The Balaban J connectivity index is 1.68. The first-order chi connectivity index (χ1) is 12.6. The summed E-state index contributed by atoms with van der Waals surface area (Å²) in [6.45, 7) is 0. The monoisotopic (exact) mass is 347 g/mol. The van der Waals surface area contributed by atoms with Gasteiger partial charge in [-0.25, -0.2) is 4.98 Å². The quantitative estimate of drug-likeness (QED) is 0.725. The molecule has 0 aliphatic heterocycles. The van der Waals surface area contributed by atoms with Gasteiger partial charge in [-0.05, 0) is 54.0 Å². The number of nitrogen functional groups attached to an aromatic ring is 1. The fraction of sp³-hybridized carbons (Fsp3) is 0.318. The van der Waals surface area contributed by atoms with Crippen molar-refractivity contribution in [3.05, 3.63) is 77.1 Å². The fourth-order valence-corrected chi connectivity index (χ4v) is 3.53. The molecule has 0 saturated heterocycles. The summed E-state index contributed by atoms with van der Waals surface area (Å²) in [5.74, 6) is 2.34. The van der Waals surface area contributed by atoms with Gasteiger partial charge in [0.25, 0.3) is 0 Å². The molecule has 0 bridgehead atoms. The summed E-state index contributed by atoms with van der Waals surface area (Å²) < 4.78 is 7.19. The van der Waals surface area contributed by atoms with Gasteiger partial charge in [0.1, 0.15) is 5.75 Å². The molecule has 26 heavy (non-hydrogen) atoms. The van der Waals surface area contributed by atoms with E-state index < -0.39 is 0 Å². The first kappa shape index (κ1) is 16.7. The van der Waals surface area contributed by atoms with Gasteiger partial charge in [0.05, 0.1) is 12.8 Å². The molecule has 1 saturated carbocycles. The average molecular weight is 347 g/mol. The molecule has 1 aliphatic rings. The summed E-state index contributed by atoms with van der Waals surface area (Å²) in [6, 6.07) is 17.3. The lowest BCUT2D eigenvalue weighted by molar-refractivity contribution is 0.414. The maximum absolute atomic E-state index is 6.00. The van der Waals surface area contributed by atoms with E-state index in [0.717, 1.165) is 23.8 Å². The van der Waals surface area contributed by atoms with E-state index in [1.807, 2.05) is 29.9 Å². The predicted molar refractivity (Wildman–Crippen MR) is 105 cm³/mol. The van der Waals surface area contributed by atoms with Crippen LogP contribution in [-0.4, -0.2) is 16.7 Å². The summed E-state index contributed by atoms with van der Waals surface area (Å²) in [5, 5.41) is 0. The Labute approximate surface area is 154 Å². The van der Waals surface area contributed by atoms with E-state index in [9.17, 15) is 0 Å². The summed E-state index contributed by atoms with van der Waals surface area (Å²) in [4.78, 5) is 4.61. The Hall–Kier alpha value is -2.75. The van der Waals surface area contributed by atoms with Crippen LogP contribution in [0.15, 0.2) is 54.7 Å². The molecule has 2 aromatic carbocycles. The van der Waals surface area contributed by atoms with Gasteiger partial charge in [0.2, 0.25) is 0 Å². The number of rotatable bonds is 6. The maximum atomic E-state index is 6.00. The number of nitrogens with two attached hydrogens (primary N) is 1. The molecule has 134 valence electrons. The minimum absolute atomic E-state index is 0.166. The molecule has 0 amide bonds. The molecular weight excluding hydrogens is 322 g/mol. The fourth-order valence-electron chi connectivity index (χ4n) is 3.53. The molecular formula is C22H25N3O. The van der Waals surface area contributed by atoms with Crippen LogP contribution in [0.2, 0.25) is 0 Å². The van der Waals surface area contributed by atoms with Gasteiger partial charge >= 0.3 is 0 Å². The van der Waals surface area contributed by atoms with Crippen molar-refractivity contribution in [3.8, 4) is 5.75 Å². The van der Waals surface area contributed by atoms with E-state index in [4.69, 9.17) is 10.5 Å². The van der Waals surface area contributed by atoms with Crippen LogP contribution in [0.3, 0.4) is 0 Å². The Morgan fingerprint density at radius 3 is 2.58 bits per heavy atom. The molecule has 4 heteroatoms. The van der Waals surface area contributed by atoms with E-state index >= 15 is 0 Å². The molecule has 3 aromatic rings. The number of aromatic nitrogens is 2. The van der Waals surface area contributed by atoms with E-state index in [-0.39, 0.29) is 5.92 Å². The topological polar surface area (TPSA) is 53.1 Å². The van der Waals surface area contributed by atoms with Gasteiger partial charge in [-0.3, -0.25) is 0 Å². The number of benzene rings is 2. The van der Waals surface area contributed by atoms with Crippen LogP contribution in [0, 0.1) is 0 Å². The normalized spacial score (nSPS) is 15.0. The van der Waals surface area contributed by atoms with Crippen molar-refractivity contribution in [2.75, 3.05) is 12.8 Å². The molecule has 1 unspecified atom stereocenters. The summed E-state index contributed by atoms with van der Waals surface area (Å²) >= 11 is 0.